The molecule has 0 aliphatic heterocycles. The lowest BCUT2D eigenvalue weighted by atomic mass is 9.87. The molecule has 0 aliphatic carbocycles. The molecule has 2 amide bonds. The molecule has 1 heterocycles. The maximum Gasteiger partial charge on any atom is 0.272 e. The summed E-state index contributed by atoms with van der Waals surface area (Å²) >= 11 is 3.48. The van der Waals surface area contributed by atoms with Gasteiger partial charge in [-0.25, -0.2) is 10.4 Å². The Balaban J connectivity index is 1.35. The van der Waals surface area contributed by atoms with Crippen molar-refractivity contribution in [1.82, 2.24) is 10.4 Å². The second-order valence-corrected chi connectivity index (χ2v) is 12.2. The highest BCUT2D eigenvalue weighted by Gasteiger charge is 2.16. The number of amides is 2. The number of pyridine rings is 1. The van der Waals surface area contributed by atoms with Crippen LogP contribution in [-0.4, -0.2) is 27.6 Å². The number of rotatable bonds is 6. The van der Waals surface area contributed by atoms with Crippen molar-refractivity contribution in [2.45, 2.75) is 33.1 Å². The monoisotopic (exact) mass is 634 g/mol. The Kier molecular flexibility index (Phi) is 8.41. The van der Waals surface area contributed by atoms with E-state index in [1.165, 1.54) is 0 Å². The first-order chi connectivity index (χ1) is 20.5. The van der Waals surface area contributed by atoms with Gasteiger partial charge in [0.2, 0.25) is 0 Å². The molecule has 0 aliphatic rings. The van der Waals surface area contributed by atoms with E-state index in [2.05, 4.69) is 52.5 Å². The minimum Gasteiger partial charge on any atom is -0.508 e. The number of carbonyl (C=O) groups excluding carboxylic acids is 2. The van der Waals surface area contributed by atoms with E-state index >= 15 is 0 Å². The Labute approximate surface area is 258 Å². The lowest BCUT2D eigenvalue weighted by Gasteiger charge is -2.19. The van der Waals surface area contributed by atoms with Crippen molar-refractivity contribution in [1.29, 1.82) is 0 Å². The van der Waals surface area contributed by atoms with E-state index < -0.39 is 5.91 Å². The van der Waals surface area contributed by atoms with Gasteiger partial charge >= 0.3 is 0 Å². The molecular weight excluding hydrogens is 604 g/mol. The van der Waals surface area contributed by atoms with Crippen molar-refractivity contribution in [2.75, 3.05) is 5.32 Å². The normalized spacial score (nSPS) is 11.8. The highest BCUT2D eigenvalue weighted by Crippen LogP contribution is 2.28. The smallest absolute Gasteiger partial charge is 0.272 e. The summed E-state index contributed by atoms with van der Waals surface area (Å²) in [6.45, 7) is 8.18. The maximum absolute atomic E-state index is 13.4. The average Bonchev–Trinajstić information content (AvgIpc) is 2.99. The van der Waals surface area contributed by atoms with Crippen LogP contribution >= 0.6 is 15.9 Å². The Morgan fingerprint density at radius 3 is 2.26 bits per heavy atom. The van der Waals surface area contributed by atoms with Crippen LogP contribution in [-0.2, 0) is 5.41 Å². The van der Waals surface area contributed by atoms with Crippen LogP contribution in [0.1, 0.15) is 59.5 Å². The lowest BCUT2D eigenvalue weighted by Crippen LogP contribution is -2.20. The Hall–Kier alpha value is -4.82. The first-order valence-corrected chi connectivity index (χ1v) is 14.5. The number of nitrogens with one attached hydrogen (secondary N) is 2. The van der Waals surface area contributed by atoms with E-state index in [0.29, 0.717) is 39.1 Å². The van der Waals surface area contributed by atoms with Crippen LogP contribution in [0.15, 0.2) is 107 Å². The number of aromatic hydroxyl groups is 1. The number of fused-ring (bicyclic) bond motifs is 1. The first kappa shape index (κ1) is 29.7. The molecule has 0 atom stereocenters. The number of aromatic nitrogens is 1. The van der Waals surface area contributed by atoms with Gasteiger partial charge in [-0.15, -0.1) is 0 Å². The first-order valence-electron chi connectivity index (χ1n) is 13.7. The number of hydrazone groups is 1. The van der Waals surface area contributed by atoms with Gasteiger partial charge in [0.05, 0.1) is 22.5 Å². The van der Waals surface area contributed by atoms with Crippen LogP contribution in [0.2, 0.25) is 0 Å². The fraction of sp³-hybridized carbons (Fsp3) is 0.143. The molecule has 5 aromatic rings. The van der Waals surface area contributed by atoms with Gasteiger partial charge in [-0.2, -0.15) is 5.10 Å². The van der Waals surface area contributed by atoms with Gasteiger partial charge in [-0.3, -0.25) is 9.59 Å². The standard InChI is InChI=1S/C35H31BrN4O3/c1-21(24-6-5-7-27(18-24)37-33(42)23-8-12-25(13-9-23)35(2,3)4)39-40-34(43)30-20-32(22-10-15-28(41)16-11-22)38-31-17-14-26(36)19-29(30)31/h5-20,41H,1-4H3,(H,37,42)(H,40,43)/b39-21+. The van der Waals surface area contributed by atoms with Crippen LogP contribution in [0.5, 0.6) is 5.75 Å². The molecule has 0 radical (unpaired) electrons. The summed E-state index contributed by atoms with van der Waals surface area (Å²) in [5.74, 6) is -0.455. The molecule has 7 nitrogen and oxygen atoms in total. The van der Waals surface area contributed by atoms with Crippen molar-refractivity contribution < 1.29 is 14.7 Å². The highest BCUT2D eigenvalue weighted by atomic mass is 79.9. The van der Waals surface area contributed by atoms with Crippen LogP contribution in [0, 0.1) is 0 Å². The van der Waals surface area contributed by atoms with Crippen LogP contribution in [0.3, 0.4) is 0 Å². The zero-order valence-corrected chi connectivity index (χ0v) is 25.9. The molecule has 216 valence electrons. The lowest BCUT2D eigenvalue weighted by molar-refractivity contribution is 0.0955. The Morgan fingerprint density at radius 2 is 1.56 bits per heavy atom. The van der Waals surface area contributed by atoms with Gasteiger partial charge in [0.1, 0.15) is 5.75 Å². The number of phenolic OH excluding ortho intramolecular Hbond substituents is 1. The molecule has 0 fully saturated rings. The number of benzene rings is 4. The summed E-state index contributed by atoms with van der Waals surface area (Å²) in [7, 11) is 0. The molecule has 0 saturated carbocycles. The fourth-order valence-electron chi connectivity index (χ4n) is 4.57. The van der Waals surface area contributed by atoms with Gasteiger partial charge in [0.15, 0.2) is 0 Å². The van der Waals surface area contributed by atoms with Crippen molar-refractivity contribution >= 4 is 50.0 Å². The molecule has 8 heteroatoms. The van der Waals surface area contributed by atoms with E-state index in [1.807, 2.05) is 66.7 Å². The van der Waals surface area contributed by atoms with E-state index in [0.717, 1.165) is 21.2 Å². The summed E-state index contributed by atoms with van der Waals surface area (Å²) in [6, 6.07) is 28.8. The van der Waals surface area contributed by atoms with Crippen molar-refractivity contribution in [3.8, 4) is 17.0 Å². The second kappa shape index (κ2) is 12.2. The Bertz CT molecular complexity index is 1860. The molecular formula is C35H31BrN4O3. The van der Waals surface area contributed by atoms with Gasteiger partial charge < -0.3 is 10.4 Å². The summed E-state index contributed by atoms with van der Waals surface area (Å²) in [5, 5.41) is 17.7. The largest absolute Gasteiger partial charge is 0.508 e. The third-order valence-electron chi connectivity index (χ3n) is 7.05. The number of anilines is 1. The summed E-state index contributed by atoms with van der Waals surface area (Å²) in [4.78, 5) is 31.0. The molecule has 0 unspecified atom stereocenters. The van der Waals surface area contributed by atoms with Gasteiger partial charge in [0, 0.05) is 26.7 Å². The van der Waals surface area contributed by atoms with Gasteiger partial charge in [-0.05, 0) is 96.3 Å². The predicted molar refractivity (Wildman–Crippen MR) is 176 cm³/mol. The molecule has 4 aromatic carbocycles. The number of phenols is 1. The molecule has 1 aromatic heterocycles. The quantitative estimate of drug-likeness (QED) is 0.130. The summed E-state index contributed by atoms with van der Waals surface area (Å²) < 4.78 is 0.817. The number of carbonyl (C=O) groups is 2. The second-order valence-electron chi connectivity index (χ2n) is 11.3. The van der Waals surface area contributed by atoms with Crippen molar-refractivity contribution in [3.63, 3.8) is 0 Å². The molecule has 0 spiro atoms. The Morgan fingerprint density at radius 1 is 0.837 bits per heavy atom. The number of hydrogen-bond acceptors (Lipinski definition) is 5. The van der Waals surface area contributed by atoms with Crippen LogP contribution < -0.4 is 10.7 Å². The van der Waals surface area contributed by atoms with Crippen molar-refractivity contribution in [3.05, 3.63) is 124 Å². The van der Waals surface area contributed by atoms with E-state index in [4.69, 9.17) is 4.98 Å². The average molecular weight is 636 g/mol. The molecule has 5 rings (SSSR count). The SMILES string of the molecule is C/C(=N\NC(=O)c1cc(-c2ccc(O)cc2)nc2ccc(Br)cc12)c1cccc(NC(=O)c2ccc(C(C)(C)C)cc2)c1. The maximum atomic E-state index is 13.4. The molecule has 43 heavy (non-hydrogen) atoms. The topological polar surface area (TPSA) is 104 Å². The molecule has 0 saturated heterocycles. The third-order valence-corrected chi connectivity index (χ3v) is 7.55. The fourth-order valence-corrected chi connectivity index (χ4v) is 4.93. The highest BCUT2D eigenvalue weighted by molar-refractivity contribution is 9.10. The van der Waals surface area contributed by atoms with Crippen molar-refractivity contribution in [2.24, 2.45) is 5.10 Å². The molecule has 3 N–H and O–H groups in total. The number of halogens is 1. The van der Waals surface area contributed by atoms with E-state index in [1.54, 1.807) is 37.3 Å². The third kappa shape index (κ3) is 6.98. The minimum atomic E-state index is -0.395. The zero-order chi connectivity index (χ0) is 30.7. The van der Waals surface area contributed by atoms with Gasteiger partial charge in [0.25, 0.3) is 11.8 Å². The zero-order valence-electron chi connectivity index (χ0n) is 24.3. The molecule has 0 bridgehead atoms. The van der Waals surface area contributed by atoms with Crippen LogP contribution in [0.4, 0.5) is 5.69 Å². The predicted octanol–water partition coefficient (Wildman–Crippen LogP) is 8.07. The number of hydrogen-bond donors (Lipinski definition) is 3. The van der Waals surface area contributed by atoms with E-state index in [-0.39, 0.29) is 17.1 Å². The van der Waals surface area contributed by atoms with E-state index in [9.17, 15) is 14.7 Å². The van der Waals surface area contributed by atoms with Crippen LogP contribution in [0.25, 0.3) is 22.2 Å². The van der Waals surface area contributed by atoms with Gasteiger partial charge in [-0.1, -0.05) is 61.0 Å². The minimum absolute atomic E-state index is 0.00597. The summed E-state index contributed by atoms with van der Waals surface area (Å²) in [6.07, 6.45) is 0. The summed E-state index contributed by atoms with van der Waals surface area (Å²) in [5.41, 5.74) is 8.75. The number of nitrogens with zero attached hydrogens (tertiary/aromatic N) is 2.